The number of rotatable bonds is 4. The zero-order chi connectivity index (χ0) is 23.7. The number of hydrogen-bond donors (Lipinski definition) is 3. The Kier molecular flexibility index (Phi) is 6.28. The molecule has 33 heavy (non-hydrogen) atoms. The number of anilines is 2. The summed E-state index contributed by atoms with van der Waals surface area (Å²) in [6.07, 6.45) is 2.88. The van der Waals surface area contributed by atoms with Crippen LogP contribution in [-0.4, -0.2) is 28.1 Å². The van der Waals surface area contributed by atoms with Gasteiger partial charge in [0.1, 0.15) is 23.5 Å². The molecule has 1 fully saturated rings. The van der Waals surface area contributed by atoms with Gasteiger partial charge in [0.05, 0.1) is 23.1 Å². The van der Waals surface area contributed by atoms with Gasteiger partial charge in [-0.05, 0) is 48.9 Å². The molecule has 0 bridgehead atoms. The number of hydrogen-bond acceptors (Lipinski definition) is 5. The lowest BCUT2D eigenvalue weighted by Gasteiger charge is -2.30. The average molecular weight is 459 g/mol. The fourth-order valence-corrected chi connectivity index (χ4v) is 4.18. The van der Waals surface area contributed by atoms with Gasteiger partial charge in [-0.15, -0.1) is 0 Å². The monoisotopic (exact) mass is 459 g/mol. The lowest BCUT2D eigenvalue weighted by atomic mass is 9.80. The summed E-state index contributed by atoms with van der Waals surface area (Å²) in [4.78, 5) is 20.8. The largest absolute Gasteiger partial charge is 0.397 e. The van der Waals surface area contributed by atoms with Crippen LogP contribution in [0, 0.1) is 17.5 Å². The highest BCUT2D eigenvalue weighted by atomic mass is 19.1. The van der Waals surface area contributed by atoms with E-state index in [0.717, 1.165) is 24.3 Å². The molecular formula is C23H21F4N5O. The summed E-state index contributed by atoms with van der Waals surface area (Å²) in [6.45, 7) is 0. The van der Waals surface area contributed by atoms with E-state index in [1.165, 1.54) is 12.4 Å². The van der Waals surface area contributed by atoms with Crippen LogP contribution in [0.5, 0.6) is 0 Å². The second-order valence-electron chi connectivity index (χ2n) is 8.03. The third kappa shape index (κ3) is 4.65. The third-order valence-electron chi connectivity index (χ3n) is 5.65. The molecule has 1 aliphatic rings. The van der Waals surface area contributed by atoms with Crippen molar-refractivity contribution in [2.45, 2.75) is 37.4 Å². The molecular weight excluding hydrogens is 438 g/mol. The molecule has 2 heterocycles. The van der Waals surface area contributed by atoms with Crippen LogP contribution in [0.1, 0.15) is 41.2 Å². The van der Waals surface area contributed by atoms with Gasteiger partial charge >= 0.3 is 0 Å². The Hall–Kier alpha value is -3.53. The molecule has 0 aliphatic heterocycles. The quantitative estimate of drug-likeness (QED) is 0.504. The van der Waals surface area contributed by atoms with Crippen LogP contribution in [-0.2, 0) is 0 Å². The molecule has 3 aromatic rings. The van der Waals surface area contributed by atoms with Gasteiger partial charge in [-0.25, -0.2) is 22.5 Å². The Morgan fingerprint density at radius 2 is 1.79 bits per heavy atom. The number of nitrogens with two attached hydrogens (primary N) is 2. The van der Waals surface area contributed by atoms with Crippen LogP contribution in [0.4, 0.5) is 28.9 Å². The van der Waals surface area contributed by atoms with Gasteiger partial charge in [-0.3, -0.25) is 9.78 Å². The van der Waals surface area contributed by atoms with E-state index in [4.69, 9.17) is 11.5 Å². The van der Waals surface area contributed by atoms with Crippen molar-refractivity contribution in [3.05, 3.63) is 71.4 Å². The molecule has 4 rings (SSSR count). The minimum Gasteiger partial charge on any atom is -0.397 e. The van der Waals surface area contributed by atoms with Crippen LogP contribution in [0.2, 0.25) is 0 Å². The number of alkyl halides is 1. The number of nitrogen functional groups attached to an aromatic ring is 1. The van der Waals surface area contributed by atoms with Gasteiger partial charge in [-0.2, -0.15) is 0 Å². The first-order valence-corrected chi connectivity index (χ1v) is 10.3. The molecule has 0 unspecified atom stereocenters. The predicted octanol–water partition coefficient (Wildman–Crippen LogP) is 4.33. The Morgan fingerprint density at radius 3 is 2.48 bits per heavy atom. The Morgan fingerprint density at radius 1 is 1.06 bits per heavy atom. The number of aromatic nitrogens is 2. The van der Waals surface area contributed by atoms with Crippen LogP contribution in [0.3, 0.4) is 0 Å². The van der Waals surface area contributed by atoms with E-state index in [2.05, 4.69) is 15.3 Å². The zero-order valence-electron chi connectivity index (χ0n) is 17.4. The average Bonchev–Trinajstić information content (AvgIpc) is 2.74. The maximum atomic E-state index is 14.5. The standard InChI is InChI=1S/C23H21F4N5O/c24-12-6-11(7-13(28)8-12)14-4-5-30-10-19(14)31-23(33)22-18(29)9-17(27)21(32-22)20-15(25)2-1-3-16(20)26/h1-5,9-13H,6-8,28-29H2,(H,31,33)/t11-,12+,13-/m1/s1. The van der Waals surface area contributed by atoms with Crippen molar-refractivity contribution in [1.82, 2.24) is 9.97 Å². The fraction of sp³-hybridized carbons (Fsp3) is 0.261. The van der Waals surface area contributed by atoms with Crippen LogP contribution in [0.25, 0.3) is 11.3 Å². The van der Waals surface area contributed by atoms with Gasteiger partial charge in [0.25, 0.3) is 5.91 Å². The molecule has 6 nitrogen and oxygen atoms in total. The summed E-state index contributed by atoms with van der Waals surface area (Å²) in [5.41, 5.74) is 10.5. The molecule has 10 heteroatoms. The van der Waals surface area contributed by atoms with Crippen LogP contribution < -0.4 is 16.8 Å². The fourth-order valence-electron chi connectivity index (χ4n) is 4.18. The van der Waals surface area contributed by atoms with Gasteiger partial charge in [0.15, 0.2) is 11.5 Å². The molecule has 1 aliphatic carbocycles. The minimum atomic E-state index is -1.08. The Bertz CT molecular complexity index is 1180. The first-order valence-electron chi connectivity index (χ1n) is 10.3. The van der Waals surface area contributed by atoms with Crippen molar-refractivity contribution < 1.29 is 22.4 Å². The molecule has 0 saturated heterocycles. The number of halogens is 4. The molecule has 0 spiro atoms. The number of benzene rings is 1. The smallest absolute Gasteiger partial charge is 0.276 e. The molecule has 172 valence electrons. The van der Waals surface area contributed by atoms with Gasteiger partial charge in [0, 0.05) is 18.3 Å². The normalized spacial score (nSPS) is 20.5. The highest BCUT2D eigenvalue weighted by Gasteiger charge is 2.30. The zero-order valence-corrected chi connectivity index (χ0v) is 17.4. The van der Waals surface area contributed by atoms with Crippen LogP contribution >= 0.6 is 0 Å². The van der Waals surface area contributed by atoms with Crippen molar-refractivity contribution >= 4 is 17.3 Å². The summed E-state index contributed by atoms with van der Waals surface area (Å²) < 4.78 is 56.9. The number of carbonyl (C=O) groups excluding carboxylic acids is 1. The maximum Gasteiger partial charge on any atom is 0.276 e. The summed E-state index contributed by atoms with van der Waals surface area (Å²) in [6, 6.07) is 5.14. The summed E-state index contributed by atoms with van der Waals surface area (Å²) >= 11 is 0. The Labute approximate surface area is 187 Å². The highest BCUT2D eigenvalue weighted by Crippen LogP contribution is 2.37. The van der Waals surface area contributed by atoms with Crippen molar-refractivity contribution in [2.24, 2.45) is 5.73 Å². The summed E-state index contributed by atoms with van der Waals surface area (Å²) in [7, 11) is 0. The van der Waals surface area contributed by atoms with E-state index in [9.17, 15) is 22.4 Å². The van der Waals surface area contributed by atoms with Gasteiger partial charge < -0.3 is 16.8 Å². The minimum absolute atomic E-state index is 0.244. The molecule has 0 radical (unpaired) electrons. The van der Waals surface area contributed by atoms with E-state index >= 15 is 0 Å². The number of nitrogens with zero attached hydrogens (tertiary/aromatic N) is 2. The summed E-state index contributed by atoms with van der Waals surface area (Å²) in [5, 5.41) is 2.60. The molecule has 5 N–H and O–H groups in total. The third-order valence-corrected chi connectivity index (χ3v) is 5.65. The van der Waals surface area contributed by atoms with E-state index < -0.39 is 46.5 Å². The first kappa shape index (κ1) is 22.7. The van der Waals surface area contributed by atoms with Gasteiger partial charge in [0.2, 0.25) is 0 Å². The molecule has 2 aromatic heterocycles. The first-order chi connectivity index (χ1) is 15.7. The van der Waals surface area contributed by atoms with E-state index in [1.807, 2.05) is 0 Å². The van der Waals surface area contributed by atoms with E-state index in [-0.39, 0.29) is 36.2 Å². The topological polar surface area (TPSA) is 107 Å². The van der Waals surface area contributed by atoms with Crippen molar-refractivity contribution in [2.75, 3.05) is 11.1 Å². The van der Waals surface area contributed by atoms with Crippen molar-refractivity contribution in [3.8, 4) is 11.3 Å². The number of nitrogens with one attached hydrogen (secondary N) is 1. The van der Waals surface area contributed by atoms with Crippen molar-refractivity contribution in [3.63, 3.8) is 0 Å². The predicted molar refractivity (Wildman–Crippen MR) is 116 cm³/mol. The SMILES string of the molecule is Nc1cc(F)c(-c2c(F)cccc2F)nc1C(=O)Nc1cnccc1[C@H]1C[C@@H](N)C[C@@H](F)C1. The maximum absolute atomic E-state index is 14.5. The van der Waals surface area contributed by atoms with Gasteiger partial charge in [-0.1, -0.05) is 6.07 Å². The lowest BCUT2D eigenvalue weighted by molar-refractivity contribution is 0.102. The Balaban J connectivity index is 1.68. The van der Waals surface area contributed by atoms with E-state index in [1.54, 1.807) is 6.07 Å². The second-order valence-corrected chi connectivity index (χ2v) is 8.03. The van der Waals surface area contributed by atoms with E-state index in [0.29, 0.717) is 12.0 Å². The molecule has 3 atom stereocenters. The summed E-state index contributed by atoms with van der Waals surface area (Å²) in [5.74, 6) is -4.25. The van der Waals surface area contributed by atoms with Crippen LogP contribution in [0.15, 0.2) is 42.7 Å². The highest BCUT2D eigenvalue weighted by molar-refractivity contribution is 6.06. The number of carbonyl (C=O) groups is 1. The van der Waals surface area contributed by atoms with Crippen molar-refractivity contribution in [1.29, 1.82) is 0 Å². The molecule has 1 saturated carbocycles. The number of pyridine rings is 2. The molecule has 1 aromatic carbocycles. The second kappa shape index (κ2) is 9.14. The number of amides is 1. The molecule has 1 amide bonds. The lowest BCUT2D eigenvalue weighted by Crippen LogP contribution is -2.33.